The molecule has 0 amide bonds. The fourth-order valence-corrected chi connectivity index (χ4v) is 5.47. The highest BCUT2D eigenvalue weighted by molar-refractivity contribution is 5.86. The molecule has 0 spiro atoms. The molecule has 3 aromatic rings. The van der Waals surface area contributed by atoms with Crippen molar-refractivity contribution in [2.75, 3.05) is 6.61 Å². The van der Waals surface area contributed by atoms with E-state index in [2.05, 4.69) is 0 Å². The van der Waals surface area contributed by atoms with E-state index in [0.717, 1.165) is 16.5 Å². The molecule has 2 aromatic heterocycles. The van der Waals surface area contributed by atoms with Crippen LogP contribution in [0.3, 0.4) is 0 Å². The molecule has 3 aliphatic rings. The summed E-state index contributed by atoms with van der Waals surface area (Å²) >= 11 is 0. The highest BCUT2D eigenvalue weighted by Gasteiger charge is 2.53. The predicted molar refractivity (Wildman–Crippen MR) is 127 cm³/mol. The lowest BCUT2D eigenvalue weighted by Gasteiger charge is -2.44. The number of ether oxygens (including phenoxy) is 3. The quantitative estimate of drug-likeness (QED) is 0.273. The Kier molecular flexibility index (Phi) is 5.68. The molecule has 0 radical (unpaired) electrons. The number of fused-ring (bicyclic) bond motifs is 5. The van der Waals surface area contributed by atoms with Crippen molar-refractivity contribution in [1.29, 1.82) is 0 Å². The molecule has 6 atom stereocenters. The molecule has 0 bridgehead atoms. The summed E-state index contributed by atoms with van der Waals surface area (Å²) in [6.45, 7) is 1.06. The normalized spacial score (nSPS) is 30.5. The van der Waals surface area contributed by atoms with Gasteiger partial charge in [0.05, 0.1) is 35.6 Å². The maximum atomic E-state index is 13.6. The first-order valence-corrected chi connectivity index (χ1v) is 12.1. The number of nitrogens with zero attached hydrogens (tertiary/aromatic N) is 2. The minimum Gasteiger partial charge on any atom is -0.458 e. The van der Waals surface area contributed by atoms with Crippen LogP contribution in [0.5, 0.6) is 0 Å². The average molecular weight is 510 g/mol. The van der Waals surface area contributed by atoms with Crippen molar-refractivity contribution in [2.24, 2.45) is 0 Å². The van der Waals surface area contributed by atoms with E-state index in [9.17, 15) is 30.0 Å². The van der Waals surface area contributed by atoms with Gasteiger partial charge in [-0.1, -0.05) is 25.1 Å². The Hall–Kier alpha value is -3.19. The number of para-hydroxylation sites is 1. The highest BCUT2D eigenvalue weighted by Crippen LogP contribution is 2.42. The standard InChI is InChI=1S/C26H26N2O9/c1-2-26(37-24-22(32)21(31)20(30)18(10-29)36-24)15-8-17-19-13(7-12-5-3-4-6-16(12)27-19)9-28(17)23(33)14(15)11-35-25(26)34/h3-8,18,20-22,24,29-32H,2,9-11H2,1H3/t18-,20-,21+,22-,24+,26?/m0/s1. The molecule has 0 aliphatic carbocycles. The number of carbonyl (C=O) groups is 1. The van der Waals surface area contributed by atoms with Gasteiger partial charge in [0.2, 0.25) is 0 Å². The van der Waals surface area contributed by atoms with Crippen molar-refractivity contribution in [3.05, 3.63) is 63.4 Å². The number of cyclic esters (lactones) is 1. The molecule has 1 aromatic carbocycles. The van der Waals surface area contributed by atoms with Gasteiger partial charge in [0.1, 0.15) is 31.0 Å². The summed E-state index contributed by atoms with van der Waals surface area (Å²) < 4.78 is 18.5. The second-order valence-corrected chi connectivity index (χ2v) is 9.57. The Balaban J connectivity index is 1.49. The predicted octanol–water partition coefficient (Wildman–Crippen LogP) is -0.0962. The summed E-state index contributed by atoms with van der Waals surface area (Å²) in [5.74, 6) is -0.784. The SMILES string of the molecule is CCC1(O[C@H]2O[C@@H](CO)[C@H](O)[C@@H](O)[C@@H]2O)C(=O)OCc2c1cc1n(c2=O)Cc2cc3ccccc3nc2-1. The first-order chi connectivity index (χ1) is 17.8. The number of carbonyl (C=O) groups excluding carboxylic acids is 1. The molecule has 37 heavy (non-hydrogen) atoms. The molecule has 4 N–H and O–H groups in total. The lowest BCUT2D eigenvalue weighted by atomic mass is 9.85. The van der Waals surface area contributed by atoms with Gasteiger partial charge in [0.15, 0.2) is 11.9 Å². The molecule has 11 heteroatoms. The summed E-state index contributed by atoms with van der Waals surface area (Å²) in [5, 5.41) is 41.4. The van der Waals surface area contributed by atoms with Gasteiger partial charge >= 0.3 is 5.97 Å². The lowest BCUT2D eigenvalue weighted by Crippen LogP contribution is -2.61. The second kappa shape index (κ2) is 8.69. The van der Waals surface area contributed by atoms with Gasteiger partial charge < -0.3 is 39.2 Å². The molecule has 0 saturated carbocycles. The van der Waals surface area contributed by atoms with E-state index < -0.39 is 48.9 Å². The number of hydrogen-bond donors (Lipinski definition) is 4. The molecular formula is C26H26N2O9. The van der Waals surface area contributed by atoms with Crippen molar-refractivity contribution in [3.8, 4) is 11.4 Å². The number of aromatic nitrogens is 2. The molecule has 3 aliphatic heterocycles. The van der Waals surface area contributed by atoms with Crippen molar-refractivity contribution in [3.63, 3.8) is 0 Å². The van der Waals surface area contributed by atoms with Gasteiger partial charge in [-0.25, -0.2) is 9.78 Å². The molecule has 1 fully saturated rings. The molecular weight excluding hydrogens is 484 g/mol. The van der Waals surface area contributed by atoms with Crippen LogP contribution in [0.25, 0.3) is 22.3 Å². The van der Waals surface area contributed by atoms with E-state index in [-0.39, 0.29) is 29.7 Å². The topological polar surface area (TPSA) is 161 Å². The van der Waals surface area contributed by atoms with E-state index in [4.69, 9.17) is 19.2 Å². The van der Waals surface area contributed by atoms with E-state index >= 15 is 0 Å². The van der Waals surface area contributed by atoms with Crippen LogP contribution in [0.15, 0.2) is 41.2 Å². The molecule has 1 unspecified atom stereocenters. The number of hydrogen-bond acceptors (Lipinski definition) is 10. The average Bonchev–Trinajstić information content (AvgIpc) is 3.27. The fourth-order valence-electron chi connectivity index (χ4n) is 5.47. The Morgan fingerprint density at radius 2 is 1.92 bits per heavy atom. The summed E-state index contributed by atoms with van der Waals surface area (Å²) in [7, 11) is 0. The maximum absolute atomic E-state index is 13.6. The van der Waals surface area contributed by atoms with E-state index in [1.165, 1.54) is 0 Å². The first kappa shape index (κ1) is 24.2. The van der Waals surface area contributed by atoms with Gasteiger partial charge in [-0.15, -0.1) is 0 Å². The zero-order valence-electron chi connectivity index (χ0n) is 19.9. The van der Waals surface area contributed by atoms with Gasteiger partial charge in [-0.3, -0.25) is 4.79 Å². The zero-order chi connectivity index (χ0) is 26.1. The third-order valence-corrected chi connectivity index (χ3v) is 7.55. The van der Waals surface area contributed by atoms with Gasteiger partial charge in [0.25, 0.3) is 5.56 Å². The summed E-state index contributed by atoms with van der Waals surface area (Å²) in [6.07, 6.45) is -7.84. The number of pyridine rings is 2. The monoisotopic (exact) mass is 510 g/mol. The van der Waals surface area contributed by atoms with Crippen LogP contribution < -0.4 is 5.56 Å². The maximum Gasteiger partial charge on any atom is 0.343 e. The molecule has 6 rings (SSSR count). The van der Waals surface area contributed by atoms with Crippen LogP contribution in [0.2, 0.25) is 0 Å². The number of aliphatic hydroxyl groups is 4. The summed E-state index contributed by atoms with van der Waals surface area (Å²) in [6, 6.07) is 11.3. The molecule has 11 nitrogen and oxygen atoms in total. The van der Waals surface area contributed by atoms with Crippen LogP contribution in [0, 0.1) is 0 Å². The Morgan fingerprint density at radius 1 is 1.14 bits per heavy atom. The Labute approximate surface area is 210 Å². The van der Waals surface area contributed by atoms with Crippen molar-refractivity contribution in [1.82, 2.24) is 9.55 Å². The lowest BCUT2D eigenvalue weighted by molar-refractivity contribution is -0.328. The van der Waals surface area contributed by atoms with Crippen LogP contribution in [-0.2, 0) is 37.8 Å². The van der Waals surface area contributed by atoms with E-state index in [0.29, 0.717) is 17.9 Å². The Bertz CT molecular complexity index is 1470. The third-order valence-electron chi connectivity index (χ3n) is 7.55. The van der Waals surface area contributed by atoms with Crippen LogP contribution in [0.4, 0.5) is 0 Å². The molecule has 1 saturated heterocycles. The van der Waals surface area contributed by atoms with Crippen molar-refractivity contribution >= 4 is 16.9 Å². The zero-order valence-corrected chi connectivity index (χ0v) is 19.9. The van der Waals surface area contributed by atoms with Crippen molar-refractivity contribution < 1.29 is 39.4 Å². The number of esters is 1. The minimum atomic E-state index is -1.85. The summed E-state index contributed by atoms with van der Waals surface area (Å²) in [4.78, 5) is 31.7. The number of benzene rings is 1. The third kappa shape index (κ3) is 3.46. The number of rotatable bonds is 4. The van der Waals surface area contributed by atoms with Gasteiger partial charge in [-0.05, 0) is 24.6 Å². The molecule has 194 valence electrons. The van der Waals surface area contributed by atoms with Gasteiger partial charge in [0, 0.05) is 16.5 Å². The fraction of sp³-hybridized carbons (Fsp3) is 0.423. The van der Waals surface area contributed by atoms with Gasteiger partial charge in [-0.2, -0.15) is 0 Å². The van der Waals surface area contributed by atoms with E-state index in [1.807, 2.05) is 30.3 Å². The van der Waals surface area contributed by atoms with E-state index in [1.54, 1.807) is 17.6 Å². The first-order valence-electron chi connectivity index (χ1n) is 12.1. The van der Waals surface area contributed by atoms with Crippen LogP contribution in [0.1, 0.15) is 30.0 Å². The largest absolute Gasteiger partial charge is 0.458 e. The second-order valence-electron chi connectivity index (χ2n) is 9.57. The Morgan fingerprint density at radius 3 is 2.68 bits per heavy atom. The summed E-state index contributed by atoms with van der Waals surface area (Å²) in [5.41, 5.74) is 1.06. The smallest absolute Gasteiger partial charge is 0.343 e. The minimum absolute atomic E-state index is 0.00868. The van der Waals surface area contributed by atoms with Crippen LogP contribution >= 0.6 is 0 Å². The van der Waals surface area contributed by atoms with Crippen molar-refractivity contribution in [2.45, 2.75) is 62.8 Å². The van der Waals surface area contributed by atoms with Crippen LogP contribution in [-0.4, -0.2) is 73.3 Å². The highest BCUT2D eigenvalue weighted by atomic mass is 16.7. The number of aliphatic hydroxyl groups excluding tert-OH is 4. The molecule has 5 heterocycles.